The molecule has 1 aliphatic heterocycles. The molecule has 7 nitrogen and oxygen atoms in total. The number of amides is 1. The van der Waals surface area contributed by atoms with Gasteiger partial charge in [-0.05, 0) is 44.9 Å². The van der Waals surface area contributed by atoms with Crippen molar-refractivity contribution in [3.05, 3.63) is 41.1 Å². The molecule has 1 N–H and O–H groups in total. The number of nitrogens with zero attached hydrogens (tertiary/aromatic N) is 2. The minimum atomic E-state index is -0.557. The van der Waals surface area contributed by atoms with E-state index in [0.717, 1.165) is 54.7 Å². The maximum absolute atomic E-state index is 12.8. The summed E-state index contributed by atoms with van der Waals surface area (Å²) in [5, 5.41) is 7.18. The molecule has 1 aliphatic carbocycles. The van der Waals surface area contributed by atoms with Crippen LogP contribution >= 0.6 is 0 Å². The largest absolute Gasteiger partial charge is 0.493 e. The Hall–Kier alpha value is -2.83. The summed E-state index contributed by atoms with van der Waals surface area (Å²) in [4.78, 5) is 17.1. The Kier molecular flexibility index (Phi) is 5.30. The summed E-state index contributed by atoms with van der Waals surface area (Å²) >= 11 is 0. The topological polar surface area (TPSA) is 86.5 Å². The van der Waals surface area contributed by atoms with E-state index in [4.69, 9.17) is 14.0 Å². The molecule has 1 amide bonds. The lowest BCUT2D eigenvalue weighted by Gasteiger charge is -2.26. The fourth-order valence-electron chi connectivity index (χ4n) is 4.19. The average molecular weight is 397 g/mol. The molecular weight excluding hydrogens is 370 g/mol. The summed E-state index contributed by atoms with van der Waals surface area (Å²) in [6, 6.07) is 3.96. The Bertz CT molecular complexity index is 928. The van der Waals surface area contributed by atoms with E-state index in [0.29, 0.717) is 18.3 Å². The molecular formula is C22H27N3O4. The number of carbonyl (C=O) groups excluding carboxylic acids is 1. The molecule has 1 aromatic heterocycles. The van der Waals surface area contributed by atoms with Crippen LogP contribution < -0.4 is 14.8 Å². The van der Waals surface area contributed by atoms with Crippen molar-refractivity contribution in [2.75, 3.05) is 6.61 Å². The molecule has 7 heteroatoms. The predicted molar refractivity (Wildman–Crippen MR) is 108 cm³/mol. The highest BCUT2D eigenvalue weighted by atomic mass is 16.5. The Morgan fingerprint density at radius 1 is 1.38 bits per heavy atom. The molecule has 2 heterocycles. The molecule has 0 bridgehead atoms. The first-order valence-corrected chi connectivity index (χ1v) is 10.3. The van der Waals surface area contributed by atoms with E-state index in [1.165, 1.54) is 6.08 Å². The quantitative estimate of drug-likeness (QED) is 0.748. The highest BCUT2D eigenvalue weighted by Crippen LogP contribution is 2.38. The van der Waals surface area contributed by atoms with E-state index >= 15 is 0 Å². The Morgan fingerprint density at radius 2 is 2.17 bits per heavy atom. The third-order valence-electron chi connectivity index (χ3n) is 5.52. The van der Waals surface area contributed by atoms with Gasteiger partial charge in [0.25, 0.3) is 0 Å². The second-order valence-electron chi connectivity index (χ2n) is 7.81. The van der Waals surface area contributed by atoms with Crippen LogP contribution in [0.15, 0.2) is 22.7 Å². The standard InChI is InChI=1S/C22H27N3O4/c1-4-27-18-13-17-11-14(2)28-19(17)12-16(18)7-8-20(26)24-22(9-5-6-10-22)21-23-15(3)29-25-21/h7-8,12-14H,4-6,9-11H2,1-3H3,(H,24,26)/b8-7+. The number of fused-ring (bicyclic) bond motifs is 1. The first-order chi connectivity index (χ1) is 14.0. The third kappa shape index (κ3) is 3.99. The van der Waals surface area contributed by atoms with Crippen LogP contribution in [0.4, 0.5) is 0 Å². The maximum atomic E-state index is 12.8. The molecule has 4 rings (SSSR count). The van der Waals surface area contributed by atoms with Crippen molar-refractivity contribution in [1.82, 2.24) is 15.5 Å². The number of benzene rings is 1. The molecule has 1 fully saturated rings. The zero-order chi connectivity index (χ0) is 20.4. The van der Waals surface area contributed by atoms with Crippen molar-refractivity contribution in [2.24, 2.45) is 0 Å². The zero-order valence-corrected chi connectivity index (χ0v) is 17.2. The van der Waals surface area contributed by atoms with Gasteiger partial charge < -0.3 is 19.3 Å². The summed E-state index contributed by atoms with van der Waals surface area (Å²) in [5.41, 5.74) is 1.41. The van der Waals surface area contributed by atoms with Crippen LogP contribution in [0.2, 0.25) is 0 Å². The van der Waals surface area contributed by atoms with Crippen LogP contribution in [0.3, 0.4) is 0 Å². The Balaban J connectivity index is 1.54. The molecule has 1 atom stereocenters. The van der Waals surface area contributed by atoms with Crippen molar-refractivity contribution in [3.8, 4) is 11.5 Å². The second kappa shape index (κ2) is 7.89. The molecule has 2 aromatic rings. The molecule has 0 saturated heterocycles. The van der Waals surface area contributed by atoms with Gasteiger partial charge in [-0.2, -0.15) is 4.98 Å². The monoisotopic (exact) mass is 397 g/mol. The maximum Gasteiger partial charge on any atom is 0.244 e. The lowest BCUT2D eigenvalue weighted by Crippen LogP contribution is -2.44. The van der Waals surface area contributed by atoms with Crippen LogP contribution in [-0.4, -0.2) is 28.8 Å². The summed E-state index contributed by atoms with van der Waals surface area (Å²) in [6.07, 6.45) is 7.99. The lowest BCUT2D eigenvalue weighted by atomic mass is 9.96. The highest BCUT2D eigenvalue weighted by Gasteiger charge is 2.40. The van der Waals surface area contributed by atoms with E-state index < -0.39 is 5.54 Å². The second-order valence-corrected chi connectivity index (χ2v) is 7.81. The number of carbonyl (C=O) groups is 1. The summed E-state index contributed by atoms with van der Waals surface area (Å²) in [7, 11) is 0. The summed E-state index contributed by atoms with van der Waals surface area (Å²) in [5.74, 6) is 2.49. The molecule has 29 heavy (non-hydrogen) atoms. The van der Waals surface area contributed by atoms with Gasteiger partial charge in [-0.15, -0.1) is 0 Å². The summed E-state index contributed by atoms with van der Waals surface area (Å²) < 4.78 is 16.8. The Labute approximate surface area is 170 Å². The molecule has 2 aliphatic rings. The van der Waals surface area contributed by atoms with Gasteiger partial charge >= 0.3 is 0 Å². The lowest BCUT2D eigenvalue weighted by molar-refractivity contribution is -0.118. The first kappa shape index (κ1) is 19.5. The molecule has 154 valence electrons. The number of aryl methyl sites for hydroxylation is 1. The first-order valence-electron chi connectivity index (χ1n) is 10.3. The number of nitrogens with one attached hydrogen (secondary N) is 1. The number of aromatic nitrogens is 2. The normalized spacial score (nSPS) is 19.9. The van der Waals surface area contributed by atoms with Crippen LogP contribution in [-0.2, 0) is 16.8 Å². The van der Waals surface area contributed by atoms with Crippen LogP contribution in [0, 0.1) is 6.92 Å². The SMILES string of the molecule is CCOc1cc2c(cc1/C=C/C(=O)NC1(c3noc(C)n3)CCCC1)OC(C)C2. The van der Waals surface area contributed by atoms with Gasteiger partial charge in [-0.1, -0.05) is 18.0 Å². The van der Waals surface area contributed by atoms with Crippen molar-refractivity contribution in [2.45, 2.75) is 64.5 Å². The van der Waals surface area contributed by atoms with E-state index in [2.05, 4.69) is 15.5 Å². The highest BCUT2D eigenvalue weighted by molar-refractivity contribution is 5.92. The zero-order valence-electron chi connectivity index (χ0n) is 17.2. The van der Waals surface area contributed by atoms with Gasteiger partial charge in [-0.3, -0.25) is 4.79 Å². The van der Waals surface area contributed by atoms with Gasteiger partial charge in [0.2, 0.25) is 11.8 Å². The molecule has 1 saturated carbocycles. The predicted octanol–water partition coefficient (Wildman–Crippen LogP) is 3.70. The van der Waals surface area contributed by atoms with Gasteiger partial charge in [0, 0.05) is 30.5 Å². The van der Waals surface area contributed by atoms with E-state index in [-0.39, 0.29) is 12.0 Å². The third-order valence-corrected chi connectivity index (χ3v) is 5.52. The van der Waals surface area contributed by atoms with Gasteiger partial charge in [0.05, 0.1) is 6.61 Å². The minimum Gasteiger partial charge on any atom is -0.493 e. The van der Waals surface area contributed by atoms with Gasteiger partial charge in [0.15, 0.2) is 5.82 Å². The van der Waals surface area contributed by atoms with Crippen LogP contribution in [0.25, 0.3) is 6.08 Å². The van der Waals surface area contributed by atoms with Crippen molar-refractivity contribution in [3.63, 3.8) is 0 Å². The summed E-state index contributed by atoms with van der Waals surface area (Å²) in [6.45, 7) is 6.31. The molecule has 0 radical (unpaired) electrons. The van der Waals surface area contributed by atoms with Crippen molar-refractivity contribution in [1.29, 1.82) is 0 Å². The minimum absolute atomic E-state index is 0.155. The smallest absolute Gasteiger partial charge is 0.244 e. The number of hydrogen-bond donors (Lipinski definition) is 1. The van der Waals surface area contributed by atoms with Crippen molar-refractivity contribution >= 4 is 12.0 Å². The van der Waals surface area contributed by atoms with Crippen LogP contribution in [0.5, 0.6) is 11.5 Å². The van der Waals surface area contributed by atoms with E-state index in [1.54, 1.807) is 13.0 Å². The number of rotatable bonds is 6. The van der Waals surface area contributed by atoms with Gasteiger partial charge in [0.1, 0.15) is 23.1 Å². The average Bonchev–Trinajstić information content (AvgIpc) is 3.40. The number of ether oxygens (including phenoxy) is 2. The fraction of sp³-hybridized carbons (Fsp3) is 0.500. The molecule has 0 spiro atoms. The van der Waals surface area contributed by atoms with Gasteiger partial charge in [-0.25, -0.2) is 0 Å². The van der Waals surface area contributed by atoms with Crippen molar-refractivity contribution < 1.29 is 18.8 Å². The van der Waals surface area contributed by atoms with Crippen LogP contribution in [0.1, 0.15) is 62.4 Å². The van der Waals surface area contributed by atoms with E-state index in [1.807, 2.05) is 26.0 Å². The number of hydrogen-bond acceptors (Lipinski definition) is 6. The Morgan fingerprint density at radius 3 is 2.86 bits per heavy atom. The fourth-order valence-corrected chi connectivity index (χ4v) is 4.19. The molecule has 1 unspecified atom stereocenters. The van der Waals surface area contributed by atoms with E-state index in [9.17, 15) is 4.79 Å². The molecule has 1 aromatic carbocycles.